The highest BCUT2D eigenvalue weighted by Gasteiger charge is 2.17. The van der Waals surface area contributed by atoms with Crippen LogP contribution in [0.4, 0.5) is 5.69 Å². The van der Waals surface area contributed by atoms with Crippen LogP contribution in [-0.2, 0) is 9.59 Å². The first-order valence-corrected chi connectivity index (χ1v) is 7.01. The fraction of sp³-hybridized carbons (Fsp3) is 0.333. The molecule has 22 heavy (non-hydrogen) atoms. The van der Waals surface area contributed by atoms with Crippen LogP contribution in [0, 0.1) is 5.92 Å². The highest BCUT2D eigenvalue weighted by atomic mass is 16.2. The molecule has 0 aliphatic rings. The SMILES string of the molecule is CC(C)[C@H](N)C(=O)NCC(=O)Nc1ccnc2ccncc12. The van der Waals surface area contributed by atoms with Gasteiger partial charge in [0.25, 0.3) is 0 Å². The number of anilines is 1. The number of amides is 2. The maximum Gasteiger partial charge on any atom is 0.243 e. The van der Waals surface area contributed by atoms with E-state index in [2.05, 4.69) is 20.6 Å². The molecular formula is C15H19N5O2. The third-order valence-electron chi connectivity index (χ3n) is 3.26. The Labute approximate surface area is 128 Å². The Morgan fingerprint density at radius 1 is 1.27 bits per heavy atom. The van der Waals surface area contributed by atoms with Gasteiger partial charge in [-0.3, -0.25) is 19.6 Å². The molecule has 0 fully saturated rings. The maximum absolute atomic E-state index is 11.9. The monoisotopic (exact) mass is 301 g/mol. The molecule has 7 nitrogen and oxygen atoms in total. The van der Waals surface area contributed by atoms with Crippen LogP contribution in [0.25, 0.3) is 10.9 Å². The van der Waals surface area contributed by atoms with Crippen molar-refractivity contribution in [1.29, 1.82) is 0 Å². The molecule has 2 aromatic heterocycles. The molecule has 0 radical (unpaired) electrons. The summed E-state index contributed by atoms with van der Waals surface area (Å²) in [7, 11) is 0. The lowest BCUT2D eigenvalue weighted by atomic mass is 10.1. The molecule has 2 amide bonds. The summed E-state index contributed by atoms with van der Waals surface area (Å²) in [6, 6.07) is 2.82. The molecule has 7 heteroatoms. The van der Waals surface area contributed by atoms with Gasteiger partial charge in [0.05, 0.1) is 23.8 Å². The van der Waals surface area contributed by atoms with Crippen molar-refractivity contribution in [2.75, 3.05) is 11.9 Å². The second-order valence-corrected chi connectivity index (χ2v) is 5.29. The molecule has 0 aromatic carbocycles. The Balaban J connectivity index is 1.98. The van der Waals surface area contributed by atoms with E-state index < -0.39 is 6.04 Å². The van der Waals surface area contributed by atoms with Gasteiger partial charge in [0.15, 0.2) is 0 Å². The van der Waals surface area contributed by atoms with Crippen molar-refractivity contribution in [3.63, 3.8) is 0 Å². The minimum absolute atomic E-state index is 0.0123. The number of carbonyl (C=O) groups excluding carboxylic acids is 2. The van der Waals surface area contributed by atoms with E-state index in [9.17, 15) is 9.59 Å². The lowest BCUT2D eigenvalue weighted by Crippen LogP contribution is -2.46. The minimum Gasteiger partial charge on any atom is -0.346 e. The van der Waals surface area contributed by atoms with Gasteiger partial charge in [-0.25, -0.2) is 0 Å². The fourth-order valence-electron chi connectivity index (χ4n) is 1.88. The number of pyridine rings is 2. The minimum atomic E-state index is -0.626. The molecule has 0 unspecified atom stereocenters. The van der Waals surface area contributed by atoms with Gasteiger partial charge in [0, 0.05) is 24.0 Å². The number of hydrogen-bond acceptors (Lipinski definition) is 5. The second kappa shape index (κ2) is 6.95. The number of rotatable bonds is 5. The Morgan fingerprint density at radius 2 is 2.05 bits per heavy atom. The van der Waals surface area contributed by atoms with Gasteiger partial charge in [-0.05, 0) is 18.1 Å². The summed E-state index contributed by atoms with van der Waals surface area (Å²) in [4.78, 5) is 31.9. The molecule has 4 N–H and O–H groups in total. The average Bonchev–Trinajstić information content (AvgIpc) is 2.52. The van der Waals surface area contributed by atoms with Crippen molar-refractivity contribution in [3.8, 4) is 0 Å². The van der Waals surface area contributed by atoms with E-state index in [0.29, 0.717) is 5.69 Å². The van der Waals surface area contributed by atoms with Crippen LogP contribution in [0.5, 0.6) is 0 Å². The van der Waals surface area contributed by atoms with Crippen LogP contribution in [0.3, 0.4) is 0 Å². The molecule has 2 rings (SSSR count). The Kier molecular flexibility index (Phi) is 5.00. The summed E-state index contributed by atoms with van der Waals surface area (Å²) < 4.78 is 0. The molecule has 1 atom stereocenters. The van der Waals surface area contributed by atoms with Crippen LogP contribution >= 0.6 is 0 Å². The van der Waals surface area contributed by atoms with Gasteiger partial charge in [-0.15, -0.1) is 0 Å². The predicted octanol–water partition coefficient (Wildman–Crippen LogP) is 0.668. The van der Waals surface area contributed by atoms with Crippen molar-refractivity contribution in [2.45, 2.75) is 19.9 Å². The van der Waals surface area contributed by atoms with Gasteiger partial charge in [0.2, 0.25) is 11.8 Å². The second-order valence-electron chi connectivity index (χ2n) is 5.29. The number of aromatic nitrogens is 2. The van der Waals surface area contributed by atoms with Crippen molar-refractivity contribution >= 4 is 28.4 Å². The van der Waals surface area contributed by atoms with Crippen molar-refractivity contribution in [3.05, 3.63) is 30.7 Å². The van der Waals surface area contributed by atoms with E-state index in [0.717, 1.165) is 10.9 Å². The summed E-state index contributed by atoms with van der Waals surface area (Å²) >= 11 is 0. The molecule has 0 spiro atoms. The van der Waals surface area contributed by atoms with E-state index in [1.165, 1.54) is 0 Å². The molecule has 0 aliphatic carbocycles. The Morgan fingerprint density at radius 3 is 2.77 bits per heavy atom. The standard InChI is InChI=1S/C15H19N5O2/c1-9(2)14(16)15(22)19-8-13(21)20-12-4-6-18-11-3-5-17-7-10(11)12/h3-7,9,14H,8,16H2,1-2H3,(H,19,22)(H,18,20,21)/t14-/m0/s1. The number of nitrogens with two attached hydrogens (primary N) is 1. The zero-order valence-electron chi connectivity index (χ0n) is 12.5. The molecular weight excluding hydrogens is 282 g/mol. The Hall–Kier alpha value is -2.54. The summed E-state index contributed by atoms with van der Waals surface area (Å²) in [6.45, 7) is 3.56. The third kappa shape index (κ3) is 3.76. The molecule has 116 valence electrons. The van der Waals surface area contributed by atoms with E-state index >= 15 is 0 Å². The first-order valence-electron chi connectivity index (χ1n) is 7.01. The fourth-order valence-corrected chi connectivity index (χ4v) is 1.88. The van der Waals surface area contributed by atoms with Crippen LogP contribution in [0.15, 0.2) is 30.7 Å². The molecule has 2 aromatic rings. The first kappa shape index (κ1) is 15.8. The summed E-state index contributed by atoms with van der Waals surface area (Å²) in [5.74, 6) is -0.662. The molecule has 2 heterocycles. The van der Waals surface area contributed by atoms with Crippen molar-refractivity contribution < 1.29 is 9.59 Å². The van der Waals surface area contributed by atoms with E-state index in [-0.39, 0.29) is 24.3 Å². The largest absolute Gasteiger partial charge is 0.346 e. The van der Waals surface area contributed by atoms with Crippen LogP contribution < -0.4 is 16.4 Å². The summed E-state index contributed by atoms with van der Waals surface area (Å²) in [5, 5.41) is 6.00. The maximum atomic E-state index is 11.9. The zero-order chi connectivity index (χ0) is 16.1. The van der Waals surface area contributed by atoms with E-state index in [1.807, 2.05) is 13.8 Å². The molecule has 0 aliphatic heterocycles. The lowest BCUT2D eigenvalue weighted by Gasteiger charge is -2.15. The van der Waals surface area contributed by atoms with Gasteiger partial charge in [-0.1, -0.05) is 13.8 Å². The highest BCUT2D eigenvalue weighted by Crippen LogP contribution is 2.19. The van der Waals surface area contributed by atoms with Gasteiger partial charge in [0.1, 0.15) is 0 Å². The van der Waals surface area contributed by atoms with Crippen LogP contribution in [-0.4, -0.2) is 34.4 Å². The van der Waals surface area contributed by atoms with Gasteiger partial charge >= 0.3 is 0 Å². The lowest BCUT2D eigenvalue weighted by molar-refractivity contribution is -0.125. The van der Waals surface area contributed by atoms with Gasteiger partial charge in [-0.2, -0.15) is 0 Å². The molecule has 0 saturated carbocycles. The first-order chi connectivity index (χ1) is 10.5. The highest BCUT2D eigenvalue weighted by molar-refractivity contribution is 6.02. The van der Waals surface area contributed by atoms with Gasteiger partial charge < -0.3 is 16.4 Å². The summed E-state index contributed by atoms with van der Waals surface area (Å²) in [6.07, 6.45) is 4.87. The number of fused-ring (bicyclic) bond motifs is 1. The average molecular weight is 301 g/mol. The zero-order valence-corrected chi connectivity index (χ0v) is 12.5. The third-order valence-corrected chi connectivity index (χ3v) is 3.26. The van der Waals surface area contributed by atoms with Crippen molar-refractivity contribution in [2.24, 2.45) is 11.7 Å². The predicted molar refractivity (Wildman–Crippen MR) is 84.0 cm³/mol. The number of hydrogen-bond donors (Lipinski definition) is 3. The van der Waals surface area contributed by atoms with E-state index in [1.54, 1.807) is 30.7 Å². The number of nitrogens with zero attached hydrogens (tertiary/aromatic N) is 2. The summed E-state index contributed by atoms with van der Waals surface area (Å²) in [5.41, 5.74) is 7.05. The topological polar surface area (TPSA) is 110 Å². The smallest absolute Gasteiger partial charge is 0.243 e. The number of nitrogens with one attached hydrogen (secondary N) is 2. The molecule has 0 saturated heterocycles. The van der Waals surface area contributed by atoms with Crippen LogP contribution in [0.1, 0.15) is 13.8 Å². The van der Waals surface area contributed by atoms with Crippen LogP contribution in [0.2, 0.25) is 0 Å². The van der Waals surface area contributed by atoms with E-state index in [4.69, 9.17) is 5.73 Å². The number of carbonyl (C=O) groups is 2. The Bertz CT molecular complexity index is 681. The molecule has 0 bridgehead atoms. The van der Waals surface area contributed by atoms with Crippen molar-refractivity contribution in [1.82, 2.24) is 15.3 Å². The normalized spacial score (nSPS) is 12.2. The quantitative estimate of drug-likeness (QED) is 0.751.